The van der Waals surface area contributed by atoms with Crippen molar-refractivity contribution in [2.24, 2.45) is 5.73 Å². The number of nitrogens with one attached hydrogen (secondary N) is 1. The zero-order valence-electron chi connectivity index (χ0n) is 10.5. The van der Waals surface area contributed by atoms with Crippen LogP contribution < -0.4 is 11.1 Å². The summed E-state index contributed by atoms with van der Waals surface area (Å²) >= 11 is 3.85. The van der Waals surface area contributed by atoms with E-state index in [1.165, 1.54) is 7.05 Å². The topological polar surface area (TPSA) is 134 Å². The maximum Gasteiger partial charge on any atom is 0.323 e. The van der Waals surface area contributed by atoms with Crippen LogP contribution in [0.5, 0.6) is 0 Å². The van der Waals surface area contributed by atoms with Gasteiger partial charge in [0.2, 0.25) is 0 Å². The molecule has 0 radical (unpaired) electrons. The van der Waals surface area contributed by atoms with Crippen molar-refractivity contribution < 1.29 is 29.6 Å². The Morgan fingerprint density at radius 1 is 1.47 bits per heavy atom. The number of nitrogens with two attached hydrogens (primary N) is 1. The molecule has 6 N–H and O–H groups in total. The Bertz CT molecular complexity index is 308. The van der Waals surface area contributed by atoms with E-state index < -0.39 is 42.7 Å². The molecule has 1 aliphatic heterocycles. The van der Waals surface area contributed by atoms with Crippen LogP contribution >= 0.6 is 12.6 Å². The lowest BCUT2D eigenvalue weighted by molar-refractivity contribution is -0.255. The van der Waals surface area contributed by atoms with E-state index in [1.54, 1.807) is 0 Å². The fraction of sp³-hybridized carbons (Fsp3) is 0.900. The third-order valence-corrected chi connectivity index (χ3v) is 3.34. The van der Waals surface area contributed by atoms with E-state index >= 15 is 0 Å². The minimum Gasteiger partial charge on any atom is -0.462 e. The van der Waals surface area contributed by atoms with E-state index in [0.29, 0.717) is 0 Å². The van der Waals surface area contributed by atoms with Crippen LogP contribution in [-0.4, -0.2) is 77.4 Å². The van der Waals surface area contributed by atoms with Gasteiger partial charge >= 0.3 is 5.97 Å². The molecule has 19 heavy (non-hydrogen) atoms. The van der Waals surface area contributed by atoms with Gasteiger partial charge < -0.3 is 35.8 Å². The average Bonchev–Trinajstić information content (AvgIpc) is 2.40. The number of hydrogen-bond donors (Lipinski definition) is 6. The highest BCUT2D eigenvalue weighted by atomic mass is 32.1. The third kappa shape index (κ3) is 4.02. The molecule has 1 heterocycles. The van der Waals surface area contributed by atoms with Gasteiger partial charge in [0.25, 0.3) is 0 Å². The lowest BCUT2D eigenvalue weighted by atomic mass is 9.97. The Morgan fingerprint density at radius 3 is 2.63 bits per heavy atom. The van der Waals surface area contributed by atoms with E-state index in [2.05, 4.69) is 17.9 Å². The second-order valence-corrected chi connectivity index (χ2v) is 4.64. The second-order valence-electron chi connectivity index (χ2n) is 4.28. The van der Waals surface area contributed by atoms with Crippen molar-refractivity contribution >= 4 is 18.6 Å². The van der Waals surface area contributed by atoms with Gasteiger partial charge in [-0.05, 0) is 7.05 Å². The van der Waals surface area contributed by atoms with Crippen LogP contribution in [0, 0.1) is 0 Å². The number of ether oxygens (including phenoxy) is 2. The maximum absolute atomic E-state index is 11.3. The molecule has 0 aliphatic carbocycles. The lowest BCUT2D eigenvalue weighted by Crippen LogP contribution is -2.62. The molecule has 0 spiro atoms. The number of likely N-dealkylation sites (N-methyl/N-ethyl adjacent to an activating group) is 1. The van der Waals surface area contributed by atoms with Crippen molar-refractivity contribution in [1.29, 1.82) is 0 Å². The van der Waals surface area contributed by atoms with Gasteiger partial charge in [-0.15, -0.1) is 0 Å². The number of thiol groups is 1. The van der Waals surface area contributed by atoms with Gasteiger partial charge in [-0.25, -0.2) is 0 Å². The van der Waals surface area contributed by atoms with Crippen LogP contribution in [0.2, 0.25) is 0 Å². The number of esters is 1. The Morgan fingerprint density at radius 2 is 2.11 bits per heavy atom. The minimum atomic E-state index is -1.31. The first-order valence-corrected chi connectivity index (χ1v) is 6.45. The fourth-order valence-corrected chi connectivity index (χ4v) is 1.89. The van der Waals surface area contributed by atoms with Gasteiger partial charge in [0.05, 0.1) is 6.04 Å². The molecule has 1 saturated heterocycles. The third-order valence-electron chi connectivity index (χ3n) is 2.94. The molecule has 1 rings (SSSR count). The highest BCUT2D eigenvalue weighted by Gasteiger charge is 2.43. The minimum absolute atomic E-state index is 0.125. The predicted octanol–water partition coefficient (Wildman–Crippen LogP) is -3.19. The number of aliphatic hydroxyl groups excluding tert-OH is 3. The van der Waals surface area contributed by atoms with Crippen LogP contribution in [-0.2, 0) is 14.3 Å². The summed E-state index contributed by atoms with van der Waals surface area (Å²) in [6.45, 7) is -0.313. The number of carbonyl (C=O) groups is 1. The van der Waals surface area contributed by atoms with Gasteiger partial charge in [0, 0.05) is 5.75 Å². The van der Waals surface area contributed by atoms with Crippen molar-refractivity contribution in [3.05, 3.63) is 0 Å². The molecule has 0 bridgehead atoms. The van der Waals surface area contributed by atoms with Gasteiger partial charge in [-0.1, -0.05) is 0 Å². The molecule has 1 aliphatic rings. The van der Waals surface area contributed by atoms with Crippen LogP contribution in [0.4, 0.5) is 0 Å². The fourth-order valence-electron chi connectivity index (χ4n) is 1.74. The van der Waals surface area contributed by atoms with Gasteiger partial charge in [-0.3, -0.25) is 4.79 Å². The second kappa shape index (κ2) is 7.39. The molecule has 1 fully saturated rings. The highest BCUT2D eigenvalue weighted by Crippen LogP contribution is 2.20. The summed E-state index contributed by atoms with van der Waals surface area (Å²) in [5.41, 5.74) is 5.40. The monoisotopic (exact) mass is 296 g/mol. The first-order valence-electron chi connectivity index (χ1n) is 5.82. The standard InChI is InChI=1S/C10H20N2O6S/c1-12-6-8(14)7(13)5(18-10(6)16)2-17-9(15)4(11)3-19/h4-8,10,12-14,16,19H,2-3,11H2,1H3. The SMILES string of the molecule is CNC1C(O)OC(COC(=O)C(N)CS)C(O)C1O. The Labute approximate surface area is 116 Å². The van der Waals surface area contributed by atoms with Crippen LogP contribution in [0.3, 0.4) is 0 Å². The Hall–Kier alpha value is -0.420. The molecule has 6 atom stereocenters. The molecular formula is C10H20N2O6S. The summed E-state index contributed by atoms with van der Waals surface area (Å²) in [6, 6.07) is -1.69. The van der Waals surface area contributed by atoms with Gasteiger partial charge in [0.15, 0.2) is 6.29 Å². The average molecular weight is 296 g/mol. The van der Waals surface area contributed by atoms with Crippen LogP contribution in [0.1, 0.15) is 0 Å². The van der Waals surface area contributed by atoms with Crippen molar-refractivity contribution in [2.75, 3.05) is 19.4 Å². The van der Waals surface area contributed by atoms with E-state index in [9.17, 15) is 20.1 Å². The summed E-state index contributed by atoms with van der Waals surface area (Å²) in [5, 5.41) is 31.8. The van der Waals surface area contributed by atoms with Crippen molar-refractivity contribution in [1.82, 2.24) is 5.32 Å². The van der Waals surface area contributed by atoms with E-state index in [4.69, 9.17) is 15.2 Å². The van der Waals surface area contributed by atoms with E-state index in [1.807, 2.05) is 0 Å². The first-order chi connectivity index (χ1) is 8.92. The zero-order chi connectivity index (χ0) is 14.6. The Kier molecular flexibility index (Phi) is 6.47. The van der Waals surface area contributed by atoms with Gasteiger partial charge in [0.1, 0.15) is 31.0 Å². The summed E-state index contributed by atoms with van der Waals surface area (Å²) in [7, 11) is 1.51. The number of carbonyl (C=O) groups excluding carboxylic acids is 1. The molecule has 9 heteroatoms. The number of aliphatic hydroxyl groups is 3. The summed E-state index contributed by atoms with van der Waals surface area (Å²) in [6.07, 6.45) is -4.87. The van der Waals surface area contributed by atoms with Crippen molar-refractivity contribution in [3.8, 4) is 0 Å². The van der Waals surface area contributed by atoms with Crippen LogP contribution in [0.25, 0.3) is 0 Å². The molecule has 0 saturated carbocycles. The smallest absolute Gasteiger partial charge is 0.323 e. The lowest BCUT2D eigenvalue weighted by Gasteiger charge is -2.40. The predicted molar refractivity (Wildman–Crippen MR) is 68.5 cm³/mol. The summed E-state index contributed by atoms with van der Waals surface area (Å²) < 4.78 is 9.91. The molecule has 0 aromatic rings. The molecule has 0 aromatic carbocycles. The van der Waals surface area contributed by atoms with Crippen molar-refractivity contribution in [2.45, 2.75) is 36.7 Å². The largest absolute Gasteiger partial charge is 0.462 e. The molecular weight excluding hydrogens is 276 g/mol. The van der Waals surface area contributed by atoms with Crippen LogP contribution in [0.15, 0.2) is 0 Å². The molecule has 8 nitrogen and oxygen atoms in total. The Balaban J connectivity index is 2.53. The zero-order valence-corrected chi connectivity index (χ0v) is 11.4. The van der Waals surface area contributed by atoms with E-state index in [-0.39, 0.29) is 12.4 Å². The number of rotatable bonds is 5. The normalized spacial score (nSPS) is 36.8. The van der Waals surface area contributed by atoms with E-state index in [0.717, 1.165) is 0 Å². The first kappa shape index (κ1) is 16.6. The summed E-state index contributed by atoms with van der Waals surface area (Å²) in [5.74, 6) is -0.564. The summed E-state index contributed by atoms with van der Waals surface area (Å²) in [4.78, 5) is 11.3. The molecule has 0 aromatic heterocycles. The molecule has 112 valence electrons. The number of hydrogen-bond acceptors (Lipinski definition) is 9. The quantitative estimate of drug-likeness (QED) is 0.231. The highest BCUT2D eigenvalue weighted by molar-refractivity contribution is 7.80. The maximum atomic E-state index is 11.3. The van der Waals surface area contributed by atoms with Crippen molar-refractivity contribution in [3.63, 3.8) is 0 Å². The van der Waals surface area contributed by atoms with Gasteiger partial charge in [-0.2, -0.15) is 12.6 Å². The molecule has 6 unspecified atom stereocenters. The molecule has 0 amide bonds.